The van der Waals surface area contributed by atoms with Crippen LogP contribution in [-0.4, -0.2) is 51.7 Å². The van der Waals surface area contributed by atoms with Gasteiger partial charge in [0.1, 0.15) is 0 Å². The summed E-state index contributed by atoms with van der Waals surface area (Å²) in [6.07, 6.45) is 7.60. The molecule has 5 nitrogen and oxygen atoms in total. The third-order valence-electron chi connectivity index (χ3n) is 4.80. The van der Waals surface area contributed by atoms with Crippen LogP contribution in [0.4, 0.5) is 0 Å². The highest BCUT2D eigenvalue weighted by Crippen LogP contribution is 2.11. The van der Waals surface area contributed by atoms with Crippen LogP contribution in [-0.2, 0) is 24.8 Å². The highest BCUT2D eigenvalue weighted by molar-refractivity contribution is 5.76. The van der Waals surface area contributed by atoms with Gasteiger partial charge < -0.3 is 4.90 Å². The van der Waals surface area contributed by atoms with E-state index in [2.05, 4.69) is 40.5 Å². The molecule has 0 atom stereocenters. The molecule has 134 valence electrons. The lowest BCUT2D eigenvalue weighted by Gasteiger charge is -2.21. The summed E-state index contributed by atoms with van der Waals surface area (Å²) in [5.74, 6) is 0.305. The first-order valence-electron chi connectivity index (χ1n) is 9.22. The Bertz CT molecular complexity index is 667. The van der Waals surface area contributed by atoms with Gasteiger partial charge in [0.25, 0.3) is 0 Å². The Balaban J connectivity index is 1.41. The number of carbonyl (C=O) groups is 1. The minimum atomic E-state index is 0.305. The molecule has 0 N–H and O–H groups in total. The Labute approximate surface area is 150 Å². The van der Waals surface area contributed by atoms with E-state index in [1.54, 1.807) is 0 Å². The molecule has 0 spiro atoms. The summed E-state index contributed by atoms with van der Waals surface area (Å²) in [6.45, 7) is 4.63. The topological polar surface area (TPSA) is 41.4 Å². The zero-order valence-corrected chi connectivity index (χ0v) is 15.1. The van der Waals surface area contributed by atoms with Gasteiger partial charge in [-0.2, -0.15) is 5.10 Å². The van der Waals surface area contributed by atoms with Crippen molar-refractivity contribution in [2.45, 2.75) is 32.2 Å². The SMILES string of the molecule is Cn1cc(CN2CCCN(C(=O)CCCc3ccccc3)CC2)cn1. The molecule has 1 amide bonds. The number of aryl methyl sites for hydroxylation is 2. The predicted molar refractivity (Wildman–Crippen MR) is 99.1 cm³/mol. The largest absolute Gasteiger partial charge is 0.341 e. The third kappa shape index (κ3) is 5.43. The van der Waals surface area contributed by atoms with Crippen LogP contribution in [0.2, 0.25) is 0 Å². The van der Waals surface area contributed by atoms with E-state index in [9.17, 15) is 4.79 Å². The first kappa shape index (κ1) is 17.7. The van der Waals surface area contributed by atoms with Crippen LogP contribution in [0.25, 0.3) is 0 Å². The zero-order chi connectivity index (χ0) is 17.5. The van der Waals surface area contributed by atoms with Crippen molar-refractivity contribution in [2.24, 2.45) is 7.05 Å². The van der Waals surface area contributed by atoms with Crippen molar-refractivity contribution in [2.75, 3.05) is 26.2 Å². The first-order chi connectivity index (χ1) is 12.2. The third-order valence-corrected chi connectivity index (χ3v) is 4.80. The molecule has 3 rings (SSSR count). The molecule has 1 fully saturated rings. The minimum absolute atomic E-state index is 0.305. The zero-order valence-electron chi connectivity index (χ0n) is 15.1. The number of amides is 1. The van der Waals surface area contributed by atoms with Crippen LogP contribution in [0.5, 0.6) is 0 Å². The quantitative estimate of drug-likeness (QED) is 0.811. The van der Waals surface area contributed by atoms with E-state index in [0.717, 1.165) is 52.0 Å². The summed E-state index contributed by atoms with van der Waals surface area (Å²) in [4.78, 5) is 17.0. The summed E-state index contributed by atoms with van der Waals surface area (Å²) in [7, 11) is 1.95. The summed E-state index contributed by atoms with van der Waals surface area (Å²) in [6, 6.07) is 10.4. The van der Waals surface area contributed by atoms with E-state index < -0.39 is 0 Å². The molecule has 1 saturated heterocycles. The normalized spacial score (nSPS) is 16.0. The van der Waals surface area contributed by atoms with Gasteiger partial charge in [-0.15, -0.1) is 0 Å². The molecule has 2 aromatic rings. The highest BCUT2D eigenvalue weighted by atomic mass is 16.2. The van der Waals surface area contributed by atoms with Crippen LogP contribution < -0.4 is 0 Å². The minimum Gasteiger partial charge on any atom is -0.341 e. The molecule has 0 aliphatic carbocycles. The Morgan fingerprint density at radius 2 is 1.92 bits per heavy atom. The maximum Gasteiger partial charge on any atom is 0.222 e. The summed E-state index contributed by atoms with van der Waals surface area (Å²) >= 11 is 0. The lowest BCUT2D eigenvalue weighted by Crippen LogP contribution is -2.35. The fourth-order valence-corrected chi connectivity index (χ4v) is 3.44. The van der Waals surface area contributed by atoms with Gasteiger partial charge in [0.2, 0.25) is 5.91 Å². The molecule has 2 heterocycles. The number of benzene rings is 1. The molecule has 1 aromatic carbocycles. The van der Waals surface area contributed by atoms with Crippen molar-refractivity contribution < 1.29 is 4.79 Å². The molecule has 1 aliphatic heterocycles. The molecule has 1 aliphatic rings. The molecular weight excluding hydrogens is 312 g/mol. The standard InChI is InChI=1S/C20H28N4O/c1-22-16-19(15-21-22)17-23-11-6-12-24(14-13-23)20(25)10-5-9-18-7-3-2-4-8-18/h2-4,7-8,15-16H,5-6,9-14,17H2,1H3. The smallest absolute Gasteiger partial charge is 0.222 e. The lowest BCUT2D eigenvalue weighted by molar-refractivity contribution is -0.131. The van der Waals surface area contributed by atoms with Crippen molar-refractivity contribution in [3.8, 4) is 0 Å². The predicted octanol–water partition coefficient (Wildman–Crippen LogP) is 2.48. The molecule has 0 bridgehead atoms. The van der Waals surface area contributed by atoms with Gasteiger partial charge in [-0.1, -0.05) is 30.3 Å². The average Bonchev–Trinajstić information content (AvgIpc) is 2.89. The molecule has 0 unspecified atom stereocenters. The van der Waals surface area contributed by atoms with E-state index >= 15 is 0 Å². The summed E-state index contributed by atoms with van der Waals surface area (Å²) in [5, 5.41) is 4.23. The van der Waals surface area contributed by atoms with Gasteiger partial charge in [0.15, 0.2) is 0 Å². The summed E-state index contributed by atoms with van der Waals surface area (Å²) in [5.41, 5.74) is 2.55. The van der Waals surface area contributed by atoms with Crippen molar-refractivity contribution in [1.82, 2.24) is 19.6 Å². The maximum atomic E-state index is 12.5. The number of hydrogen-bond acceptors (Lipinski definition) is 3. The molecule has 1 aromatic heterocycles. The number of rotatable bonds is 6. The lowest BCUT2D eigenvalue weighted by atomic mass is 10.1. The molecule has 0 saturated carbocycles. The van der Waals surface area contributed by atoms with Crippen LogP contribution >= 0.6 is 0 Å². The first-order valence-corrected chi connectivity index (χ1v) is 9.22. The number of carbonyl (C=O) groups excluding carboxylic acids is 1. The highest BCUT2D eigenvalue weighted by Gasteiger charge is 2.19. The monoisotopic (exact) mass is 340 g/mol. The van der Waals surface area contributed by atoms with Gasteiger partial charge in [-0.05, 0) is 24.8 Å². The second-order valence-corrected chi connectivity index (χ2v) is 6.87. The number of aromatic nitrogens is 2. The molecule has 5 heteroatoms. The second kappa shape index (κ2) is 8.81. The van der Waals surface area contributed by atoms with Crippen LogP contribution in [0.15, 0.2) is 42.7 Å². The van der Waals surface area contributed by atoms with E-state index in [4.69, 9.17) is 0 Å². The van der Waals surface area contributed by atoms with E-state index in [0.29, 0.717) is 12.3 Å². The van der Waals surface area contributed by atoms with Crippen LogP contribution in [0, 0.1) is 0 Å². The van der Waals surface area contributed by atoms with E-state index in [1.807, 2.05) is 28.9 Å². The van der Waals surface area contributed by atoms with Crippen molar-refractivity contribution >= 4 is 5.91 Å². The Morgan fingerprint density at radius 1 is 1.08 bits per heavy atom. The Kier molecular flexibility index (Phi) is 6.23. The van der Waals surface area contributed by atoms with Crippen molar-refractivity contribution in [1.29, 1.82) is 0 Å². The maximum absolute atomic E-state index is 12.5. The molecule has 0 radical (unpaired) electrons. The van der Waals surface area contributed by atoms with Gasteiger partial charge in [-0.3, -0.25) is 14.4 Å². The Morgan fingerprint density at radius 3 is 2.68 bits per heavy atom. The molecular formula is C20H28N4O. The van der Waals surface area contributed by atoms with Crippen LogP contribution in [0.1, 0.15) is 30.4 Å². The van der Waals surface area contributed by atoms with Gasteiger partial charge in [0, 0.05) is 58.0 Å². The average molecular weight is 340 g/mol. The van der Waals surface area contributed by atoms with E-state index in [-0.39, 0.29) is 0 Å². The fourth-order valence-electron chi connectivity index (χ4n) is 3.44. The fraction of sp³-hybridized carbons (Fsp3) is 0.500. The Hall–Kier alpha value is -2.14. The van der Waals surface area contributed by atoms with Gasteiger partial charge in [0.05, 0.1) is 6.20 Å². The van der Waals surface area contributed by atoms with E-state index in [1.165, 1.54) is 11.1 Å². The van der Waals surface area contributed by atoms with Crippen molar-refractivity contribution in [3.63, 3.8) is 0 Å². The van der Waals surface area contributed by atoms with Gasteiger partial charge in [-0.25, -0.2) is 0 Å². The van der Waals surface area contributed by atoms with Crippen molar-refractivity contribution in [3.05, 3.63) is 53.9 Å². The van der Waals surface area contributed by atoms with Crippen LogP contribution in [0.3, 0.4) is 0 Å². The van der Waals surface area contributed by atoms with Gasteiger partial charge >= 0.3 is 0 Å². The molecule has 25 heavy (non-hydrogen) atoms. The number of nitrogens with zero attached hydrogens (tertiary/aromatic N) is 4. The number of hydrogen-bond donors (Lipinski definition) is 0. The second-order valence-electron chi connectivity index (χ2n) is 6.87. The summed E-state index contributed by atoms with van der Waals surface area (Å²) < 4.78 is 1.84.